The molecule has 5 rings (SSSR count). The summed E-state index contributed by atoms with van der Waals surface area (Å²) in [6.07, 6.45) is 3.83. The van der Waals surface area contributed by atoms with Crippen LogP contribution in [-0.2, 0) is 20.9 Å². The summed E-state index contributed by atoms with van der Waals surface area (Å²) in [4.78, 5) is 32.0. The Hall–Kier alpha value is -2.16. The first-order valence-electron chi connectivity index (χ1n) is 12.3. The normalized spacial score (nSPS) is 31.8. The second kappa shape index (κ2) is 9.24. The van der Waals surface area contributed by atoms with Gasteiger partial charge in [0, 0.05) is 25.7 Å². The SMILES string of the molecule is C[C@H]1C(=O)N2C(CN1C(=O)OCc1ccccc1)OCCC[C@H]2CN1CCC2(CC2)[C@H](O)C1. The van der Waals surface area contributed by atoms with E-state index in [4.69, 9.17) is 9.47 Å². The lowest BCUT2D eigenvalue weighted by molar-refractivity contribution is -0.168. The highest BCUT2D eigenvalue weighted by Gasteiger charge is 2.52. The van der Waals surface area contributed by atoms with E-state index >= 15 is 0 Å². The van der Waals surface area contributed by atoms with Gasteiger partial charge in [-0.15, -0.1) is 0 Å². The fourth-order valence-electron chi connectivity index (χ4n) is 5.63. The first kappa shape index (κ1) is 22.6. The van der Waals surface area contributed by atoms with Crippen LogP contribution in [0.25, 0.3) is 0 Å². The Kier molecular flexibility index (Phi) is 6.33. The van der Waals surface area contributed by atoms with Gasteiger partial charge in [0.05, 0.1) is 12.6 Å². The second-order valence-electron chi connectivity index (χ2n) is 10.1. The third kappa shape index (κ3) is 4.61. The number of carbonyl (C=O) groups excluding carboxylic acids is 2. The van der Waals surface area contributed by atoms with Gasteiger partial charge in [-0.05, 0) is 56.6 Å². The Balaban J connectivity index is 1.23. The molecule has 1 spiro atoms. The van der Waals surface area contributed by atoms with Crippen molar-refractivity contribution in [3.05, 3.63) is 35.9 Å². The van der Waals surface area contributed by atoms with Crippen LogP contribution in [0, 0.1) is 5.41 Å². The van der Waals surface area contributed by atoms with Gasteiger partial charge in [-0.2, -0.15) is 0 Å². The number of fused-ring (bicyclic) bond motifs is 1. The van der Waals surface area contributed by atoms with Crippen LogP contribution in [0.4, 0.5) is 4.79 Å². The van der Waals surface area contributed by atoms with Gasteiger partial charge in [-0.25, -0.2) is 4.79 Å². The number of likely N-dealkylation sites (tertiary alicyclic amines) is 1. The Morgan fingerprint density at radius 2 is 2.00 bits per heavy atom. The van der Waals surface area contributed by atoms with Crippen LogP contribution in [0.3, 0.4) is 0 Å². The standard InChI is InChI=1S/C25H35N3O5/c1-18-23(30)28-20(14-26-12-11-25(9-10-25)21(29)15-26)8-5-13-32-22(28)16-27(18)24(31)33-17-19-6-3-2-4-7-19/h2-4,6-7,18,20-22,29H,5,8-17H2,1H3/t18-,20-,21+,22?/m0/s1. The van der Waals surface area contributed by atoms with Crippen LogP contribution in [0.15, 0.2) is 30.3 Å². The fourth-order valence-corrected chi connectivity index (χ4v) is 5.63. The molecule has 1 aliphatic carbocycles. The molecule has 33 heavy (non-hydrogen) atoms. The smallest absolute Gasteiger partial charge is 0.410 e. The molecular weight excluding hydrogens is 422 g/mol. The molecule has 1 saturated carbocycles. The molecule has 1 unspecified atom stereocenters. The predicted molar refractivity (Wildman–Crippen MR) is 121 cm³/mol. The summed E-state index contributed by atoms with van der Waals surface area (Å²) >= 11 is 0. The van der Waals surface area contributed by atoms with Gasteiger partial charge in [-0.1, -0.05) is 30.3 Å². The van der Waals surface area contributed by atoms with E-state index in [0.29, 0.717) is 19.7 Å². The molecule has 3 heterocycles. The predicted octanol–water partition coefficient (Wildman–Crippen LogP) is 2.21. The number of aliphatic hydroxyl groups excluding tert-OH is 1. The number of amides is 2. The Morgan fingerprint density at radius 3 is 2.73 bits per heavy atom. The molecule has 1 aromatic rings. The van der Waals surface area contributed by atoms with E-state index in [1.54, 1.807) is 6.92 Å². The van der Waals surface area contributed by atoms with Gasteiger partial charge >= 0.3 is 6.09 Å². The van der Waals surface area contributed by atoms with Crippen molar-refractivity contribution in [3.8, 4) is 0 Å². The van der Waals surface area contributed by atoms with E-state index < -0.39 is 18.4 Å². The number of rotatable bonds is 4. The number of β-amino-alcohol motifs (C(OH)–C–C–N with tert-alkyl or cyclic N) is 1. The van der Waals surface area contributed by atoms with Crippen LogP contribution < -0.4 is 0 Å². The number of aliphatic hydroxyl groups is 1. The van der Waals surface area contributed by atoms with E-state index in [9.17, 15) is 14.7 Å². The molecule has 0 aromatic heterocycles. The van der Waals surface area contributed by atoms with Crippen molar-refractivity contribution in [2.45, 2.75) is 70.1 Å². The summed E-state index contributed by atoms with van der Waals surface area (Å²) in [5, 5.41) is 10.6. The summed E-state index contributed by atoms with van der Waals surface area (Å²) in [7, 11) is 0. The van der Waals surface area contributed by atoms with Gasteiger partial charge < -0.3 is 19.5 Å². The third-order valence-corrected chi connectivity index (χ3v) is 7.99. The fraction of sp³-hybridized carbons (Fsp3) is 0.680. The highest BCUT2D eigenvalue weighted by Crippen LogP contribution is 2.53. The van der Waals surface area contributed by atoms with E-state index in [-0.39, 0.29) is 30.1 Å². The lowest BCUT2D eigenvalue weighted by atomic mass is 9.90. The number of hydrogen-bond acceptors (Lipinski definition) is 6. The third-order valence-electron chi connectivity index (χ3n) is 7.99. The largest absolute Gasteiger partial charge is 0.445 e. The zero-order chi connectivity index (χ0) is 23.0. The van der Waals surface area contributed by atoms with E-state index in [1.807, 2.05) is 35.2 Å². The van der Waals surface area contributed by atoms with Crippen molar-refractivity contribution >= 4 is 12.0 Å². The maximum absolute atomic E-state index is 13.5. The van der Waals surface area contributed by atoms with Gasteiger partial charge in [-0.3, -0.25) is 14.6 Å². The lowest BCUT2D eigenvalue weighted by Gasteiger charge is -2.47. The number of benzene rings is 1. The molecule has 4 atom stereocenters. The van der Waals surface area contributed by atoms with Crippen LogP contribution in [0.1, 0.15) is 44.6 Å². The lowest BCUT2D eigenvalue weighted by Crippen LogP contribution is -2.66. The van der Waals surface area contributed by atoms with Crippen LogP contribution in [0.2, 0.25) is 0 Å². The number of piperidine rings is 1. The van der Waals surface area contributed by atoms with E-state index in [2.05, 4.69) is 4.90 Å². The summed E-state index contributed by atoms with van der Waals surface area (Å²) < 4.78 is 11.5. The zero-order valence-electron chi connectivity index (χ0n) is 19.4. The van der Waals surface area contributed by atoms with E-state index in [0.717, 1.165) is 50.8 Å². The van der Waals surface area contributed by atoms with Gasteiger partial charge in [0.2, 0.25) is 5.91 Å². The summed E-state index contributed by atoms with van der Waals surface area (Å²) in [5.41, 5.74) is 1.08. The molecule has 4 aliphatic rings. The molecule has 2 amide bonds. The van der Waals surface area contributed by atoms with Crippen LogP contribution in [0.5, 0.6) is 0 Å². The molecule has 0 radical (unpaired) electrons. The molecular formula is C25H35N3O5. The minimum atomic E-state index is -0.601. The summed E-state index contributed by atoms with van der Waals surface area (Å²) in [5.74, 6) is -0.0916. The van der Waals surface area contributed by atoms with Crippen molar-refractivity contribution in [3.63, 3.8) is 0 Å². The maximum Gasteiger partial charge on any atom is 0.410 e. The second-order valence-corrected chi connectivity index (χ2v) is 10.1. The van der Waals surface area contributed by atoms with Gasteiger partial charge in [0.25, 0.3) is 0 Å². The van der Waals surface area contributed by atoms with Crippen molar-refractivity contribution in [2.24, 2.45) is 5.41 Å². The topological polar surface area (TPSA) is 82.6 Å². The summed E-state index contributed by atoms with van der Waals surface area (Å²) in [6.45, 7) is 5.20. The first-order chi connectivity index (χ1) is 16.0. The summed E-state index contributed by atoms with van der Waals surface area (Å²) in [6, 6.07) is 8.95. The first-order valence-corrected chi connectivity index (χ1v) is 12.3. The van der Waals surface area contributed by atoms with Crippen LogP contribution in [-0.4, -0.2) is 89.0 Å². The molecule has 0 bridgehead atoms. The quantitative estimate of drug-likeness (QED) is 0.747. The highest BCUT2D eigenvalue weighted by atomic mass is 16.6. The number of nitrogens with zero attached hydrogens (tertiary/aromatic N) is 3. The average Bonchev–Trinajstić information content (AvgIpc) is 3.63. The number of piperazine rings is 1. The van der Waals surface area contributed by atoms with Gasteiger partial charge in [0.15, 0.2) is 6.23 Å². The molecule has 8 nitrogen and oxygen atoms in total. The minimum Gasteiger partial charge on any atom is -0.445 e. The highest BCUT2D eigenvalue weighted by molar-refractivity contribution is 5.87. The Labute approximate surface area is 195 Å². The van der Waals surface area contributed by atoms with Crippen molar-refractivity contribution in [1.29, 1.82) is 0 Å². The molecule has 180 valence electrons. The molecule has 1 N–H and O–H groups in total. The Morgan fingerprint density at radius 1 is 1.21 bits per heavy atom. The minimum absolute atomic E-state index is 0.0235. The Bertz CT molecular complexity index is 861. The molecule has 8 heteroatoms. The average molecular weight is 458 g/mol. The molecule has 3 saturated heterocycles. The number of ether oxygens (including phenoxy) is 2. The molecule has 4 fully saturated rings. The van der Waals surface area contributed by atoms with Gasteiger partial charge in [0.1, 0.15) is 12.6 Å². The monoisotopic (exact) mass is 457 g/mol. The molecule has 3 aliphatic heterocycles. The van der Waals surface area contributed by atoms with E-state index in [1.165, 1.54) is 4.90 Å². The van der Waals surface area contributed by atoms with Crippen molar-refractivity contribution < 1.29 is 24.2 Å². The molecule has 1 aromatic carbocycles. The maximum atomic E-state index is 13.5. The van der Waals surface area contributed by atoms with Crippen molar-refractivity contribution in [1.82, 2.24) is 14.7 Å². The zero-order valence-corrected chi connectivity index (χ0v) is 19.4. The van der Waals surface area contributed by atoms with Crippen molar-refractivity contribution in [2.75, 3.05) is 32.8 Å². The number of hydrogen-bond donors (Lipinski definition) is 1. The van der Waals surface area contributed by atoms with Crippen LogP contribution >= 0.6 is 0 Å². The number of carbonyl (C=O) groups is 2.